The second-order valence-corrected chi connectivity index (χ2v) is 6.49. The maximum atomic E-state index is 12.6. The highest BCUT2D eigenvalue weighted by Crippen LogP contribution is 2.19. The first kappa shape index (κ1) is 15.1. The van der Waals surface area contributed by atoms with Crippen molar-refractivity contribution in [2.75, 3.05) is 5.75 Å². The Labute approximate surface area is 124 Å². The van der Waals surface area contributed by atoms with Crippen LogP contribution in [0.4, 0.5) is 0 Å². The van der Waals surface area contributed by atoms with Gasteiger partial charge < -0.3 is 0 Å². The van der Waals surface area contributed by atoms with Crippen LogP contribution in [-0.2, 0) is 6.54 Å². The van der Waals surface area contributed by atoms with Gasteiger partial charge in [0.15, 0.2) is 5.16 Å². The molecule has 2 aromatic rings. The van der Waals surface area contributed by atoms with Gasteiger partial charge in [-0.05, 0) is 24.5 Å². The van der Waals surface area contributed by atoms with Crippen LogP contribution in [0.2, 0.25) is 0 Å². The van der Waals surface area contributed by atoms with E-state index in [1.165, 1.54) is 0 Å². The second kappa shape index (κ2) is 6.93. The van der Waals surface area contributed by atoms with Crippen LogP contribution in [0.5, 0.6) is 0 Å². The summed E-state index contributed by atoms with van der Waals surface area (Å²) >= 11 is 1.69. The monoisotopic (exact) mass is 290 g/mol. The lowest BCUT2D eigenvalue weighted by Crippen LogP contribution is -2.25. The van der Waals surface area contributed by atoms with Gasteiger partial charge in [0.05, 0.1) is 10.9 Å². The molecule has 1 aromatic heterocycles. The molecule has 0 N–H and O–H groups in total. The highest BCUT2D eigenvalue weighted by atomic mass is 32.2. The Hall–Kier alpha value is -1.29. The van der Waals surface area contributed by atoms with Gasteiger partial charge in [-0.3, -0.25) is 9.36 Å². The van der Waals surface area contributed by atoms with E-state index in [0.29, 0.717) is 11.3 Å². The molecule has 0 saturated carbocycles. The van der Waals surface area contributed by atoms with Gasteiger partial charge >= 0.3 is 0 Å². The Bertz CT molecular complexity index is 634. The molecule has 0 radical (unpaired) electrons. The summed E-state index contributed by atoms with van der Waals surface area (Å²) in [6.07, 6.45) is 2.31. The van der Waals surface area contributed by atoms with Crippen LogP contribution >= 0.6 is 11.8 Å². The molecule has 0 bridgehead atoms. The van der Waals surface area contributed by atoms with Crippen LogP contribution < -0.4 is 5.56 Å². The van der Waals surface area contributed by atoms with Crippen molar-refractivity contribution in [3.05, 3.63) is 34.6 Å². The highest BCUT2D eigenvalue weighted by Gasteiger charge is 2.12. The summed E-state index contributed by atoms with van der Waals surface area (Å²) in [7, 11) is 0. The zero-order valence-corrected chi connectivity index (χ0v) is 13.2. The Balaban J connectivity index is 2.48. The number of nitrogens with zero attached hydrogens (tertiary/aromatic N) is 2. The molecule has 4 heteroatoms. The van der Waals surface area contributed by atoms with Gasteiger partial charge in [-0.25, -0.2) is 4.98 Å². The van der Waals surface area contributed by atoms with Gasteiger partial charge in [0.25, 0.3) is 5.56 Å². The molecule has 0 atom stereocenters. The maximum Gasteiger partial charge on any atom is 0.262 e. The van der Waals surface area contributed by atoms with Crippen molar-refractivity contribution < 1.29 is 0 Å². The lowest BCUT2D eigenvalue weighted by Gasteiger charge is -2.14. The molecular weight excluding hydrogens is 268 g/mol. The summed E-state index contributed by atoms with van der Waals surface area (Å²) in [4.78, 5) is 17.3. The Kier molecular flexibility index (Phi) is 5.24. The van der Waals surface area contributed by atoms with Crippen LogP contribution in [0.1, 0.15) is 33.6 Å². The number of thioether (sulfide) groups is 1. The van der Waals surface area contributed by atoms with E-state index in [4.69, 9.17) is 0 Å². The van der Waals surface area contributed by atoms with Crippen LogP contribution in [-0.4, -0.2) is 15.3 Å². The van der Waals surface area contributed by atoms with E-state index in [9.17, 15) is 4.79 Å². The number of hydrogen-bond donors (Lipinski definition) is 0. The third kappa shape index (κ3) is 3.42. The molecule has 0 fully saturated rings. The van der Waals surface area contributed by atoms with E-state index in [-0.39, 0.29) is 5.56 Å². The largest absolute Gasteiger partial charge is 0.287 e. The van der Waals surface area contributed by atoms with Crippen molar-refractivity contribution in [3.8, 4) is 0 Å². The molecule has 1 aromatic carbocycles. The van der Waals surface area contributed by atoms with E-state index in [0.717, 1.165) is 35.8 Å². The van der Waals surface area contributed by atoms with Crippen molar-refractivity contribution in [2.45, 2.75) is 45.3 Å². The molecule has 108 valence electrons. The van der Waals surface area contributed by atoms with Gasteiger partial charge in [-0.2, -0.15) is 0 Å². The molecule has 0 aliphatic heterocycles. The third-order valence-corrected chi connectivity index (χ3v) is 4.17. The minimum atomic E-state index is 0.0864. The van der Waals surface area contributed by atoms with Gasteiger partial charge in [0, 0.05) is 12.3 Å². The second-order valence-electron chi connectivity index (χ2n) is 5.42. The third-order valence-electron chi connectivity index (χ3n) is 3.10. The SMILES string of the molecule is CCCCSc1nc2ccccc2c(=O)n1CC(C)C. The van der Waals surface area contributed by atoms with E-state index in [1.54, 1.807) is 11.8 Å². The van der Waals surface area contributed by atoms with Gasteiger partial charge in [-0.1, -0.05) is 51.1 Å². The molecule has 0 aliphatic rings. The summed E-state index contributed by atoms with van der Waals surface area (Å²) in [5, 5.41) is 1.57. The molecule has 0 spiro atoms. The number of rotatable bonds is 6. The molecule has 0 saturated heterocycles. The molecule has 0 unspecified atom stereocenters. The van der Waals surface area contributed by atoms with Crippen molar-refractivity contribution in [3.63, 3.8) is 0 Å². The van der Waals surface area contributed by atoms with Gasteiger partial charge in [0.2, 0.25) is 0 Å². The van der Waals surface area contributed by atoms with Crippen molar-refractivity contribution in [1.82, 2.24) is 9.55 Å². The fraction of sp³-hybridized carbons (Fsp3) is 0.500. The quantitative estimate of drug-likeness (QED) is 0.459. The van der Waals surface area contributed by atoms with Crippen LogP contribution in [0.15, 0.2) is 34.2 Å². The summed E-state index contributed by atoms with van der Waals surface area (Å²) < 4.78 is 1.84. The Morgan fingerprint density at radius 2 is 2.05 bits per heavy atom. The zero-order chi connectivity index (χ0) is 14.5. The molecule has 3 nitrogen and oxygen atoms in total. The van der Waals surface area contributed by atoms with Crippen LogP contribution in [0, 0.1) is 5.92 Å². The molecular formula is C16H22N2OS. The number of unbranched alkanes of at least 4 members (excludes halogenated alkanes) is 1. The summed E-state index contributed by atoms with van der Waals surface area (Å²) in [5.41, 5.74) is 0.889. The minimum Gasteiger partial charge on any atom is -0.287 e. The molecule has 1 heterocycles. The Morgan fingerprint density at radius 1 is 1.30 bits per heavy atom. The lowest BCUT2D eigenvalue weighted by molar-refractivity contribution is 0.475. The van der Waals surface area contributed by atoms with Crippen molar-refractivity contribution in [1.29, 1.82) is 0 Å². The predicted molar refractivity (Wildman–Crippen MR) is 86.5 cm³/mol. The average Bonchev–Trinajstić information content (AvgIpc) is 2.43. The van der Waals surface area contributed by atoms with E-state index in [1.807, 2.05) is 28.8 Å². The summed E-state index contributed by atoms with van der Waals surface area (Å²) in [5.74, 6) is 1.44. The molecule has 0 amide bonds. The number of para-hydroxylation sites is 1. The maximum absolute atomic E-state index is 12.6. The summed E-state index contributed by atoms with van der Waals surface area (Å²) in [6, 6.07) is 7.61. The standard InChI is InChI=1S/C16H22N2OS/c1-4-5-10-20-16-17-14-9-7-6-8-13(14)15(19)18(16)11-12(2)3/h6-9,12H,4-5,10-11H2,1-3H3. The summed E-state index contributed by atoms with van der Waals surface area (Å²) in [6.45, 7) is 7.16. The smallest absolute Gasteiger partial charge is 0.262 e. The number of hydrogen-bond acceptors (Lipinski definition) is 3. The fourth-order valence-corrected chi connectivity index (χ4v) is 3.18. The van der Waals surface area contributed by atoms with E-state index >= 15 is 0 Å². The highest BCUT2D eigenvalue weighted by molar-refractivity contribution is 7.99. The van der Waals surface area contributed by atoms with E-state index < -0.39 is 0 Å². The first-order chi connectivity index (χ1) is 9.63. The lowest BCUT2D eigenvalue weighted by atomic mass is 10.2. The number of aromatic nitrogens is 2. The zero-order valence-electron chi connectivity index (χ0n) is 12.4. The van der Waals surface area contributed by atoms with Crippen LogP contribution in [0.25, 0.3) is 10.9 Å². The first-order valence-corrected chi connectivity index (χ1v) is 8.24. The van der Waals surface area contributed by atoms with Crippen molar-refractivity contribution in [2.24, 2.45) is 5.92 Å². The molecule has 20 heavy (non-hydrogen) atoms. The minimum absolute atomic E-state index is 0.0864. The topological polar surface area (TPSA) is 34.9 Å². The number of fused-ring (bicyclic) bond motifs is 1. The van der Waals surface area contributed by atoms with E-state index in [2.05, 4.69) is 25.8 Å². The molecule has 0 aliphatic carbocycles. The van der Waals surface area contributed by atoms with Gasteiger partial charge in [-0.15, -0.1) is 0 Å². The average molecular weight is 290 g/mol. The number of benzene rings is 1. The Morgan fingerprint density at radius 3 is 2.75 bits per heavy atom. The van der Waals surface area contributed by atoms with Crippen molar-refractivity contribution >= 4 is 22.7 Å². The predicted octanol–water partition coefficient (Wildman–Crippen LogP) is 3.94. The molecule has 2 rings (SSSR count). The fourth-order valence-electron chi connectivity index (χ4n) is 2.09. The van der Waals surface area contributed by atoms with Gasteiger partial charge in [0.1, 0.15) is 0 Å². The normalized spacial score (nSPS) is 11.4. The van der Waals surface area contributed by atoms with Crippen LogP contribution in [0.3, 0.4) is 0 Å². The first-order valence-electron chi connectivity index (χ1n) is 7.25.